The summed E-state index contributed by atoms with van der Waals surface area (Å²) in [5.41, 5.74) is 3.05. The van der Waals surface area contributed by atoms with Crippen LogP contribution in [0.25, 0.3) is 11.6 Å². The highest BCUT2D eigenvalue weighted by Gasteiger charge is 2.27. The van der Waals surface area contributed by atoms with Crippen LogP contribution in [0.2, 0.25) is 0 Å². The van der Waals surface area contributed by atoms with Gasteiger partial charge in [0.2, 0.25) is 5.88 Å². The van der Waals surface area contributed by atoms with Gasteiger partial charge in [-0.25, -0.2) is 14.8 Å². The van der Waals surface area contributed by atoms with E-state index >= 15 is 0 Å². The number of rotatable bonds is 9. The molecule has 3 aromatic rings. The van der Waals surface area contributed by atoms with Gasteiger partial charge in [-0.05, 0) is 81.7 Å². The van der Waals surface area contributed by atoms with Crippen molar-refractivity contribution in [3.05, 3.63) is 59.0 Å². The fourth-order valence-electron chi connectivity index (χ4n) is 4.49. The maximum Gasteiger partial charge on any atom is 0.347 e. The number of esters is 1. The molecular formula is C30H34N4O7. The predicted octanol–water partition coefficient (Wildman–Crippen LogP) is 5.43. The van der Waals surface area contributed by atoms with Crippen LogP contribution in [0.3, 0.4) is 0 Å². The summed E-state index contributed by atoms with van der Waals surface area (Å²) in [4.78, 5) is 32.6. The molecule has 1 aromatic carbocycles. The van der Waals surface area contributed by atoms with E-state index in [1.165, 1.54) is 12.8 Å². The lowest BCUT2D eigenvalue weighted by molar-refractivity contribution is -0.134. The summed E-state index contributed by atoms with van der Waals surface area (Å²) < 4.78 is 17.1. The van der Waals surface area contributed by atoms with Crippen LogP contribution in [-0.2, 0) is 9.53 Å². The van der Waals surface area contributed by atoms with Gasteiger partial charge in [-0.2, -0.15) is 0 Å². The van der Waals surface area contributed by atoms with E-state index in [-0.39, 0.29) is 29.6 Å². The molecule has 1 fully saturated rings. The third-order valence-corrected chi connectivity index (χ3v) is 6.42. The number of aromatic nitrogens is 1. The van der Waals surface area contributed by atoms with Crippen LogP contribution in [0.1, 0.15) is 53.9 Å². The van der Waals surface area contributed by atoms with Crippen molar-refractivity contribution in [1.82, 2.24) is 9.88 Å². The first kappa shape index (κ1) is 29.3. The van der Waals surface area contributed by atoms with Crippen LogP contribution >= 0.6 is 0 Å². The summed E-state index contributed by atoms with van der Waals surface area (Å²) >= 11 is 0. The van der Waals surface area contributed by atoms with Crippen LogP contribution in [0, 0.1) is 6.92 Å². The van der Waals surface area contributed by atoms with Crippen molar-refractivity contribution in [2.24, 2.45) is 4.99 Å². The molecule has 0 radical (unpaired) electrons. The number of aryl methyl sites for hydroxylation is 1. The lowest BCUT2D eigenvalue weighted by Crippen LogP contribution is -2.25. The Bertz CT molecular complexity index is 1450. The Hall–Kier alpha value is -4.64. The number of nitrogens with one attached hydrogen (secondary N) is 1. The van der Waals surface area contributed by atoms with Crippen LogP contribution in [0.5, 0.6) is 11.5 Å². The first-order valence-corrected chi connectivity index (χ1v) is 13.4. The number of aromatic hydroxyl groups is 1. The molecule has 0 bridgehead atoms. The van der Waals surface area contributed by atoms with Gasteiger partial charge in [-0.15, -0.1) is 0 Å². The zero-order valence-corrected chi connectivity index (χ0v) is 23.3. The molecule has 0 atom stereocenters. The summed E-state index contributed by atoms with van der Waals surface area (Å²) in [6, 6.07) is 9.35. The first-order chi connectivity index (χ1) is 19.8. The van der Waals surface area contributed by atoms with Crippen molar-refractivity contribution in [3.63, 3.8) is 0 Å². The number of nitrogens with zero attached hydrogens (tertiary/aromatic N) is 3. The number of fused-ring (bicyclic) bond motifs is 1. The quantitative estimate of drug-likeness (QED) is 0.288. The highest BCUT2D eigenvalue weighted by molar-refractivity contribution is 6.21. The minimum Gasteiger partial charge on any atom is -0.504 e. The zero-order valence-electron chi connectivity index (χ0n) is 23.3. The summed E-state index contributed by atoms with van der Waals surface area (Å²) in [5.74, 6) is -0.259. The van der Waals surface area contributed by atoms with Gasteiger partial charge in [0.25, 0.3) is 5.97 Å². The van der Waals surface area contributed by atoms with Crippen molar-refractivity contribution in [2.75, 3.05) is 38.2 Å². The van der Waals surface area contributed by atoms with E-state index in [2.05, 4.69) is 20.2 Å². The number of aliphatic carboxylic acids is 1. The lowest BCUT2D eigenvalue weighted by Gasteiger charge is -2.16. The van der Waals surface area contributed by atoms with E-state index in [0.717, 1.165) is 43.4 Å². The number of anilines is 2. The van der Waals surface area contributed by atoms with E-state index < -0.39 is 11.9 Å². The molecule has 0 unspecified atom stereocenters. The van der Waals surface area contributed by atoms with E-state index in [1.807, 2.05) is 37.3 Å². The smallest absolute Gasteiger partial charge is 0.347 e. The molecule has 5 rings (SSSR count). The molecule has 0 amide bonds. The zero-order chi connectivity index (χ0) is 29.4. The number of pyridine rings is 1. The Kier molecular flexibility index (Phi) is 9.75. The Labute approximate surface area is 238 Å². The van der Waals surface area contributed by atoms with Crippen molar-refractivity contribution in [1.29, 1.82) is 0 Å². The Morgan fingerprint density at radius 3 is 2.68 bits per heavy atom. The molecule has 11 heteroatoms. The standard InChI is InChI=1S/C28H30N4O5.C2H4O2/c1-3-35-28(34)24-25(33)23(16-19-17-30-26-21(19)7-6-10-29-26)37-27(24)31-22-9-8-20(15-18(22)2)36-14-13-32-11-4-5-12-32;1-2(3)4/h6-10,15-17,31,33H,3-5,11-14H2,1-2H3;1H3,(H,3,4). The number of carbonyl (C=O) groups is 2. The number of furan rings is 1. The Morgan fingerprint density at radius 1 is 1.22 bits per heavy atom. The number of benzene rings is 1. The van der Waals surface area contributed by atoms with Gasteiger partial charge in [0.15, 0.2) is 22.9 Å². The second-order valence-electron chi connectivity index (χ2n) is 9.49. The maximum atomic E-state index is 12.7. The summed E-state index contributed by atoms with van der Waals surface area (Å²) in [6.07, 6.45) is 7.45. The number of carbonyl (C=O) groups excluding carboxylic acids is 1. The number of carboxylic acid groups (broad SMARTS) is 1. The van der Waals surface area contributed by atoms with Crippen LogP contribution in [0.15, 0.2) is 45.9 Å². The van der Waals surface area contributed by atoms with Crippen molar-refractivity contribution in [2.45, 2.75) is 33.6 Å². The minimum atomic E-state index is -0.833. The van der Waals surface area contributed by atoms with Crippen LogP contribution < -0.4 is 10.1 Å². The van der Waals surface area contributed by atoms with Crippen LogP contribution in [0.4, 0.5) is 17.4 Å². The lowest BCUT2D eigenvalue weighted by atomic mass is 10.1. The molecule has 1 saturated heterocycles. The van der Waals surface area contributed by atoms with Gasteiger partial charge < -0.3 is 29.4 Å². The highest BCUT2D eigenvalue weighted by atomic mass is 16.5. The molecule has 216 valence electrons. The van der Waals surface area contributed by atoms with Gasteiger partial charge in [0.05, 0.1) is 6.61 Å². The summed E-state index contributed by atoms with van der Waals surface area (Å²) in [7, 11) is 0. The molecule has 3 N–H and O–H groups in total. The second kappa shape index (κ2) is 13.6. The minimum absolute atomic E-state index is 0.0691. The van der Waals surface area contributed by atoms with Gasteiger partial charge in [0.1, 0.15) is 12.4 Å². The van der Waals surface area contributed by atoms with Gasteiger partial charge >= 0.3 is 5.97 Å². The number of likely N-dealkylation sites (tertiary alicyclic amines) is 1. The fourth-order valence-corrected chi connectivity index (χ4v) is 4.49. The number of hydrogen-bond acceptors (Lipinski definition) is 10. The molecule has 0 saturated carbocycles. The van der Waals surface area contributed by atoms with Gasteiger partial charge in [-0.1, -0.05) is 0 Å². The molecule has 0 aliphatic carbocycles. The molecule has 11 nitrogen and oxygen atoms in total. The van der Waals surface area contributed by atoms with E-state index in [9.17, 15) is 9.90 Å². The predicted molar refractivity (Wildman–Crippen MR) is 156 cm³/mol. The fraction of sp³-hybridized carbons (Fsp3) is 0.333. The average molecular weight is 563 g/mol. The average Bonchev–Trinajstić information content (AvgIpc) is 3.66. The number of hydrogen-bond donors (Lipinski definition) is 3. The monoisotopic (exact) mass is 562 g/mol. The largest absolute Gasteiger partial charge is 0.504 e. The topological polar surface area (TPSA) is 147 Å². The first-order valence-electron chi connectivity index (χ1n) is 13.4. The van der Waals surface area contributed by atoms with E-state index in [4.69, 9.17) is 23.8 Å². The summed E-state index contributed by atoms with van der Waals surface area (Å²) in [5, 5.41) is 21.5. The van der Waals surface area contributed by atoms with Crippen molar-refractivity contribution < 1.29 is 33.7 Å². The van der Waals surface area contributed by atoms with Gasteiger partial charge in [-0.3, -0.25) is 9.69 Å². The summed E-state index contributed by atoms with van der Waals surface area (Å²) in [6.45, 7) is 8.70. The molecule has 2 aromatic heterocycles. The van der Waals surface area contributed by atoms with E-state index in [0.29, 0.717) is 23.7 Å². The molecule has 41 heavy (non-hydrogen) atoms. The van der Waals surface area contributed by atoms with Crippen LogP contribution in [-0.4, -0.2) is 71.1 Å². The van der Waals surface area contributed by atoms with Crippen molar-refractivity contribution >= 4 is 47.2 Å². The number of allylic oxidation sites excluding steroid dienone is 1. The number of carboxylic acids is 1. The molecular weight excluding hydrogens is 528 g/mol. The van der Waals surface area contributed by atoms with Crippen molar-refractivity contribution in [3.8, 4) is 11.5 Å². The van der Waals surface area contributed by atoms with E-state index in [1.54, 1.807) is 25.4 Å². The molecule has 2 aliphatic heterocycles. The molecule has 2 aliphatic rings. The normalized spacial score (nSPS) is 14.9. The highest BCUT2D eigenvalue weighted by Crippen LogP contribution is 2.40. The SMILES string of the molecule is CC(=O)O.CCOC(=O)c1c(Nc2ccc(OCCN3CCCC3)cc2C)oc(C=C2C=Nc3ncccc32)c1O. The third kappa shape index (κ3) is 7.52. The number of aliphatic imine (C=N–C) groups is 1. The number of ether oxygens (including phenoxy) is 2. The Morgan fingerprint density at radius 2 is 1.98 bits per heavy atom. The van der Waals surface area contributed by atoms with Gasteiger partial charge in [0, 0.05) is 42.7 Å². The Balaban J connectivity index is 0.000000909. The second-order valence-corrected chi connectivity index (χ2v) is 9.49. The molecule has 0 spiro atoms. The maximum absolute atomic E-state index is 12.7. The molecule has 4 heterocycles. The third-order valence-electron chi connectivity index (χ3n) is 6.42.